The molecule has 2 aromatic rings. The van der Waals surface area contributed by atoms with Gasteiger partial charge in [-0.2, -0.15) is 0 Å². The number of ether oxygens (including phenoxy) is 1. The first-order chi connectivity index (χ1) is 9.04. The number of rotatable bonds is 3. The van der Waals surface area contributed by atoms with Gasteiger partial charge in [0.2, 0.25) is 0 Å². The molecule has 0 aliphatic rings. The summed E-state index contributed by atoms with van der Waals surface area (Å²) < 4.78 is 18.6. The quantitative estimate of drug-likeness (QED) is 0.642. The topological polar surface area (TPSA) is 9.23 Å². The maximum absolute atomic E-state index is 13.4. The Morgan fingerprint density at radius 1 is 1.16 bits per heavy atom. The monoisotopic (exact) mass is 362 g/mol. The summed E-state index contributed by atoms with van der Waals surface area (Å²) in [5.41, 5.74) is 1.42. The molecule has 5 heteroatoms. The summed E-state index contributed by atoms with van der Waals surface area (Å²) in [6.07, 6.45) is 0. The zero-order chi connectivity index (χ0) is 14.0. The van der Waals surface area contributed by atoms with Crippen LogP contribution in [0.4, 0.5) is 4.39 Å². The molecule has 0 radical (unpaired) electrons. The van der Waals surface area contributed by atoms with Crippen molar-refractivity contribution in [2.45, 2.75) is 4.83 Å². The molecule has 0 aliphatic heterocycles. The SMILES string of the molecule is COc1ccc(F)cc1C(Br)c1cccc(Cl)c1Cl. The minimum Gasteiger partial charge on any atom is -0.496 e. The molecule has 2 aromatic carbocycles. The van der Waals surface area contributed by atoms with Crippen molar-refractivity contribution in [2.75, 3.05) is 7.11 Å². The average Bonchev–Trinajstić information content (AvgIpc) is 2.41. The van der Waals surface area contributed by atoms with Gasteiger partial charge in [0, 0.05) is 5.56 Å². The first-order valence-corrected chi connectivity index (χ1v) is 7.13. The molecular weight excluding hydrogens is 354 g/mol. The lowest BCUT2D eigenvalue weighted by Gasteiger charge is -2.16. The predicted molar refractivity (Wildman–Crippen MR) is 80.2 cm³/mol. The van der Waals surface area contributed by atoms with Gasteiger partial charge >= 0.3 is 0 Å². The summed E-state index contributed by atoms with van der Waals surface area (Å²) in [5, 5.41) is 0.899. The number of halogens is 4. The number of methoxy groups -OCH3 is 1. The number of benzene rings is 2. The Morgan fingerprint density at radius 2 is 1.89 bits per heavy atom. The summed E-state index contributed by atoms with van der Waals surface area (Å²) in [6, 6.07) is 9.67. The van der Waals surface area contributed by atoms with Crippen LogP contribution in [0.1, 0.15) is 16.0 Å². The van der Waals surface area contributed by atoms with E-state index in [-0.39, 0.29) is 10.6 Å². The van der Waals surface area contributed by atoms with Crippen molar-refractivity contribution in [3.05, 3.63) is 63.4 Å². The lowest BCUT2D eigenvalue weighted by molar-refractivity contribution is 0.409. The summed E-state index contributed by atoms with van der Waals surface area (Å²) in [4.78, 5) is -0.302. The Labute approximate surface area is 129 Å². The van der Waals surface area contributed by atoms with E-state index in [4.69, 9.17) is 27.9 Å². The fourth-order valence-electron chi connectivity index (χ4n) is 1.79. The van der Waals surface area contributed by atoms with Crippen LogP contribution in [-0.4, -0.2) is 7.11 Å². The Hall–Kier alpha value is -0.770. The molecule has 19 heavy (non-hydrogen) atoms. The molecule has 2 rings (SSSR count). The molecule has 1 unspecified atom stereocenters. The lowest BCUT2D eigenvalue weighted by atomic mass is 10.0. The van der Waals surface area contributed by atoms with Gasteiger partial charge in [0.25, 0.3) is 0 Å². The van der Waals surface area contributed by atoms with Crippen LogP contribution in [0.5, 0.6) is 5.75 Å². The molecule has 1 nitrogen and oxygen atoms in total. The van der Waals surface area contributed by atoms with Gasteiger partial charge in [-0.1, -0.05) is 51.3 Å². The van der Waals surface area contributed by atoms with E-state index in [9.17, 15) is 4.39 Å². The van der Waals surface area contributed by atoms with Crippen molar-refractivity contribution in [1.29, 1.82) is 0 Å². The van der Waals surface area contributed by atoms with Gasteiger partial charge < -0.3 is 4.74 Å². The largest absolute Gasteiger partial charge is 0.496 e. The van der Waals surface area contributed by atoms with E-state index < -0.39 is 0 Å². The number of alkyl halides is 1. The molecule has 0 amide bonds. The van der Waals surface area contributed by atoms with Crippen LogP contribution in [0.25, 0.3) is 0 Å². The van der Waals surface area contributed by atoms with E-state index in [1.165, 1.54) is 19.2 Å². The standard InChI is InChI=1S/C14H10BrCl2FO/c1-19-12-6-5-8(18)7-10(12)13(15)9-3-2-4-11(16)14(9)17/h2-7,13H,1H3. The lowest BCUT2D eigenvalue weighted by Crippen LogP contribution is -1.99. The number of hydrogen-bond donors (Lipinski definition) is 0. The molecule has 0 aromatic heterocycles. The Bertz CT molecular complexity index is 604. The van der Waals surface area contributed by atoms with Crippen molar-refractivity contribution >= 4 is 39.1 Å². The Balaban J connectivity index is 2.52. The third-order valence-electron chi connectivity index (χ3n) is 2.72. The van der Waals surface area contributed by atoms with Crippen LogP contribution < -0.4 is 4.74 Å². The maximum Gasteiger partial charge on any atom is 0.123 e. The minimum absolute atomic E-state index is 0.302. The van der Waals surface area contributed by atoms with Gasteiger partial charge in [-0.3, -0.25) is 0 Å². The molecule has 0 aliphatic carbocycles. The van der Waals surface area contributed by atoms with E-state index in [0.717, 1.165) is 5.56 Å². The van der Waals surface area contributed by atoms with Crippen molar-refractivity contribution in [3.8, 4) is 5.75 Å². The zero-order valence-corrected chi connectivity index (χ0v) is 13.1. The molecule has 0 saturated carbocycles. The highest BCUT2D eigenvalue weighted by molar-refractivity contribution is 9.09. The minimum atomic E-state index is -0.335. The van der Waals surface area contributed by atoms with E-state index >= 15 is 0 Å². The van der Waals surface area contributed by atoms with Crippen molar-refractivity contribution in [1.82, 2.24) is 0 Å². The maximum atomic E-state index is 13.4. The van der Waals surface area contributed by atoms with Crippen LogP contribution in [0, 0.1) is 5.82 Å². The molecule has 100 valence electrons. The fourth-order valence-corrected chi connectivity index (χ4v) is 3.08. The first-order valence-electron chi connectivity index (χ1n) is 5.46. The highest BCUT2D eigenvalue weighted by atomic mass is 79.9. The molecule has 0 bridgehead atoms. The summed E-state index contributed by atoms with van der Waals surface area (Å²) >= 11 is 15.7. The van der Waals surface area contributed by atoms with Gasteiger partial charge in [-0.15, -0.1) is 0 Å². The molecule has 0 fully saturated rings. The second kappa shape index (κ2) is 6.12. The van der Waals surface area contributed by atoms with Gasteiger partial charge in [0.15, 0.2) is 0 Å². The van der Waals surface area contributed by atoms with E-state index in [2.05, 4.69) is 15.9 Å². The Morgan fingerprint density at radius 3 is 2.58 bits per heavy atom. The van der Waals surface area contributed by atoms with Crippen LogP contribution >= 0.6 is 39.1 Å². The fraction of sp³-hybridized carbons (Fsp3) is 0.143. The highest BCUT2D eigenvalue weighted by Crippen LogP contribution is 2.41. The smallest absolute Gasteiger partial charge is 0.123 e. The molecular formula is C14H10BrCl2FO. The second-order valence-electron chi connectivity index (χ2n) is 3.89. The van der Waals surface area contributed by atoms with Crippen LogP contribution in [-0.2, 0) is 0 Å². The summed E-state index contributed by atoms with van der Waals surface area (Å²) in [6.45, 7) is 0. The first kappa shape index (κ1) is 14.6. The molecule has 0 spiro atoms. The molecule has 1 atom stereocenters. The Kier molecular flexibility index (Phi) is 4.71. The van der Waals surface area contributed by atoms with Gasteiger partial charge in [0.1, 0.15) is 11.6 Å². The van der Waals surface area contributed by atoms with Crippen LogP contribution in [0.15, 0.2) is 36.4 Å². The van der Waals surface area contributed by atoms with Gasteiger partial charge in [-0.05, 0) is 29.8 Å². The predicted octanol–water partition coefficient (Wildman–Crippen LogP) is 5.63. The molecule has 0 N–H and O–H groups in total. The normalized spacial score (nSPS) is 12.3. The summed E-state index contributed by atoms with van der Waals surface area (Å²) in [5.74, 6) is 0.248. The average molecular weight is 364 g/mol. The zero-order valence-electron chi connectivity index (χ0n) is 9.96. The number of hydrogen-bond acceptors (Lipinski definition) is 1. The second-order valence-corrected chi connectivity index (χ2v) is 5.59. The molecule has 0 saturated heterocycles. The van der Waals surface area contributed by atoms with E-state index in [1.54, 1.807) is 18.2 Å². The van der Waals surface area contributed by atoms with E-state index in [1.807, 2.05) is 6.07 Å². The third kappa shape index (κ3) is 3.04. The van der Waals surface area contributed by atoms with Crippen molar-refractivity contribution in [2.24, 2.45) is 0 Å². The summed E-state index contributed by atoms with van der Waals surface area (Å²) in [7, 11) is 1.54. The van der Waals surface area contributed by atoms with E-state index in [0.29, 0.717) is 21.4 Å². The third-order valence-corrected chi connectivity index (χ3v) is 4.54. The van der Waals surface area contributed by atoms with Crippen molar-refractivity contribution < 1.29 is 9.13 Å². The van der Waals surface area contributed by atoms with Crippen LogP contribution in [0.3, 0.4) is 0 Å². The van der Waals surface area contributed by atoms with Crippen LogP contribution in [0.2, 0.25) is 10.0 Å². The highest BCUT2D eigenvalue weighted by Gasteiger charge is 2.19. The molecule has 0 heterocycles. The van der Waals surface area contributed by atoms with Gasteiger partial charge in [-0.25, -0.2) is 4.39 Å². The van der Waals surface area contributed by atoms with Crippen molar-refractivity contribution in [3.63, 3.8) is 0 Å². The van der Waals surface area contributed by atoms with Gasteiger partial charge in [0.05, 0.1) is 22.0 Å².